The van der Waals surface area contributed by atoms with E-state index in [-0.39, 0.29) is 0 Å². The molecule has 2 aromatic carbocycles. The fourth-order valence-corrected chi connectivity index (χ4v) is 3.39. The molecule has 0 spiro atoms. The molecule has 0 aliphatic carbocycles. The van der Waals surface area contributed by atoms with E-state index in [9.17, 15) is 23.1 Å². The van der Waals surface area contributed by atoms with Gasteiger partial charge in [-0.15, -0.1) is 0 Å². The van der Waals surface area contributed by atoms with Gasteiger partial charge < -0.3 is 5.11 Å². The van der Waals surface area contributed by atoms with Crippen molar-refractivity contribution in [2.45, 2.75) is 18.6 Å². The Balaban J connectivity index is 1.83. The molecule has 1 N–H and O–H groups in total. The molecule has 25 heavy (non-hydrogen) atoms. The summed E-state index contributed by atoms with van der Waals surface area (Å²) in [6.45, 7) is 1.33. The van der Waals surface area contributed by atoms with E-state index in [4.69, 9.17) is 0 Å². The van der Waals surface area contributed by atoms with Crippen LogP contribution in [-0.4, -0.2) is 29.1 Å². The summed E-state index contributed by atoms with van der Waals surface area (Å²) in [7, 11) is 0. The van der Waals surface area contributed by atoms with Gasteiger partial charge in [-0.1, -0.05) is 48.5 Å². The van der Waals surface area contributed by atoms with Crippen molar-refractivity contribution in [1.82, 2.24) is 4.90 Å². The fourth-order valence-electron chi connectivity index (χ4n) is 3.39. The molecule has 1 saturated heterocycles. The third-order valence-corrected chi connectivity index (χ3v) is 4.60. The molecule has 2 aromatic rings. The molecule has 1 heterocycles. The normalized spacial score (nSPS) is 21.4. The fraction of sp³-hybridized carbons (Fsp3) is 0.316. The molecule has 3 rings (SSSR count). The SMILES string of the molecule is O=C(O)C1CN(Cc2ccccc2)CC1c1cccc(C(F)(F)F)c1. The molecular formula is C19H18F3NO2. The predicted molar refractivity (Wildman–Crippen MR) is 87.0 cm³/mol. The highest BCUT2D eigenvalue weighted by Crippen LogP contribution is 2.37. The second-order valence-corrected chi connectivity index (χ2v) is 6.35. The van der Waals surface area contributed by atoms with Crippen LogP contribution >= 0.6 is 0 Å². The summed E-state index contributed by atoms with van der Waals surface area (Å²) in [6, 6.07) is 14.6. The van der Waals surface area contributed by atoms with E-state index in [0.29, 0.717) is 25.2 Å². The lowest BCUT2D eigenvalue weighted by atomic mass is 9.88. The predicted octanol–water partition coefficient (Wildman–Crippen LogP) is 4.01. The number of benzene rings is 2. The van der Waals surface area contributed by atoms with Gasteiger partial charge in [-0.2, -0.15) is 13.2 Å². The molecule has 0 amide bonds. The van der Waals surface area contributed by atoms with E-state index in [2.05, 4.69) is 0 Å². The van der Waals surface area contributed by atoms with E-state index < -0.39 is 29.5 Å². The van der Waals surface area contributed by atoms with Gasteiger partial charge in [0.1, 0.15) is 0 Å². The molecule has 2 atom stereocenters. The molecule has 0 saturated carbocycles. The lowest BCUT2D eigenvalue weighted by molar-refractivity contribution is -0.141. The number of alkyl halides is 3. The van der Waals surface area contributed by atoms with E-state index in [1.807, 2.05) is 35.2 Å². The van der Waals surface area contributed by atoms with Crippen LogP contribution in [-0.2, 0) is 17.5 Å². The number of rotatable bonds is 4. The van der Waals surface area contributed by atoms with Crippen LogP contribution in [0.2, 0.25) is 0 Å². The lowest BCUT2D eigenvalue weighted by Crippen LogP contribution is -2.23. The Morgan fingerprint density at radius 3 is 2.44 bits per heavy atom. The average molecular weight is 349 g/mol. The summed E-state index contributed by atoms with van der Waals surface area (Å²) in [5, 5.41) is 9.51. The van der Waals surface area contributed by atoms with Crippen LogP contribution in [0.1, 0.15) is 22.6 Å². The molecule has 0 bridgehead atoms. The number of hydrogen-bond donors (Lipinski definition) is 1. The minimum atomic E-state index is -4.43. The Labute approximate surface area is 143 Å². The highest BCUT2D eigenvalue weighted by Gasteiger charge is 2.39. The zero-order chi connectivity index (χ0) is 18.0. The van der Waals surface area contributed by atoms with E-state index in [1.54, 1.807) is 6.07 Å². The van der Waals surface area contributed by atoms with Crippen LogP contribution in [0, 0.1) is 5.92 Å². The Bertz CT molecular complexity index is 746. The second kappa shape index (κ2) is 6.88. The smallest absolute Gasteiger partial charge is 0.416 e. The highest BCUT2D eigenvalue weighted by molar-refractivity contribution is 5.72. The zero-order valence-corrected chi connectivity index (χ0v) is 13.4. The van der Waals surface area contributed by atoms with Crippen LogP contribution in [0.15, 0.2) is 54.6 Å². The summed E-state index contributed by atoms with van der Waals surface area (Å²) in [5.41, 5.74) is 0.741. The number of carboxylic acids is 1. The van der Waals surface area contributed by atoms with Gasteiger partial charge in [0.05, 0.1) is 11.5 Å². The minimum absolute atomic E-state index is 0.325. The summed E-state index contributed by atoms with van der Waals surface area (Å²) in [6.07, 6.45) is -4.43. The molecule has 0 aromatic heterocycles. The van der Waals surface area contributed by atoms with Gasteiger partial charge in [-0.05, 0) is 17.2 Å². The average Bonchev–Trinajstić information content (AvgIpc) is 2.99. The number of likely N-dealkylation sites (tertiary alicyclic amines) is 1. The Hall–Kier alpha value is -2.34. The van der Waals surface area contributed by atoms with Crippen LogP contribution in [0.4, 0.5) is 13.2 Å². The van der Waals surface area contributed by atoms with Crippen molar-refractivity contribution in [3.63, 3.8) is 0 Å². The quantitative estimate of drug-likeness (QED) is 0.907. The van der Waals surface area contributed by atoms with Crippen molar-refractivity contribution in [2.75, 3.05) is 13.1 Å². The van der Waals surface area contributed by atoms with Gasteiger partial charge in [0.2, 0.25) is 0 Å². The van der Waals surface area contributed by atoms with E-state index in [1.165, 1.54) is 6.07 Å². The molecule has 1 aliphatic heterocycles. The number of nitrogens with zero attached hydrogens (tertiary/aromatic N) is 1. The Kier molecular flexibility index (Phi) is 4.81. The monoisotopic (exact) mass is 349 g/mol. The maximum Gasteiger partial charge on any atom is 0.416 e. The Morgan fingerprint density at radius 2 is 1.80 bits per heavy atom. The standard InChI is InChI=1S/C19H18F3NO2/c20-19(21,22)15-8-4-7-14(9-15)16-11-23(12-17(16)18(24)25)10-13-5-2-1-3-6-13/h1-9,16-17H,10-12H2,(H,24,25). The number of halogens is 3. The number of carboxylic acid groups (broad SMARTS) is 1. The van der Waals surface area contributed by atoms with Gasteiger partial charge in [-0.3, -0.25) is 9.69 Å². The van der Waals surface area contributed by atoms with Crippen molar-refractivity contribution in [3.8, 4) is 0 Å². The van der Waals surface area contributed by atoms with Crippen LogP contribution < -0.4 is 0 Å². The molecule has 3 nitrogen and oxygen atoms in total. The van der Waals surface area contributed by atoms with Gasteiger partial charge in [0.15, 0.2) is 0 Å². The molecular weight excluding hydrogens is 331 g/mol. The maximum absolute atomic E-state index is 12.9. The topological polar surface area (TPSA) is 40.5 Å². The lowest BCUT2D eigenvalue weighted by Gasteiger charge is -2.17. The summed E-state index contributed by atoms with van der Waals surface area (Å²) in [5.74, 6) is -2.14. The van der Waals surface area contributed by atoms with Crippen LogP contribution in [0.5, 0.6) is 0 Å². The van der Waals surface area contributed by atoms with Gasteiger partial charge in [-0.25, -0.2) is 0 Å². The summed E-state index contributed by atoms with van der Waals surface area (Å²) >= 11 is 0. The zero-order valence-electron chi connectivity index (χ0n) is 13.4. The molecule has 132 valence electrons. The van der Waals surface area contributed by atoms with E-state index in [0.717, 1.165) is 17.7 Å². The largest absolute Gasteiger partial charge is 0.481 e. The van der Waals surface area contributed by atoms with Crippen molar-refractivity contribution in [2.24, 2.45) is 5.92 Å². The van der Waals surface area contributed by atoms with Crippen LogP contribution in [0.25, 0.3) is 0 Å². The highest BCUT2D eigenvalue weighted by atomic mass is 19.4. The summed E-state index contributed by atoms with van der Waals surface area (Å²) < 4.78 is 38.8. The second-order valence-electron chi connectivity index (χ2n) is 6.35. The Morgan fingerprint density at radius 1 is 1.08 bits per heavy atom. The minimum Gasteiger partial charge on any atom is -0.481 e. The molecule has 1 fully saturated rings. The van der Waals surface area contributed by atoms with Gasteiger partial charge in [0.25, 0.3) is 0 Å². The van der Waals surface area contributed by atoms with Crippen molar-refractivity contribution in [1.29, 1.82) is 0 Å². The first-order valence-corrected chi connectivity index (χ1v) is 8.01. The first-order chi connectivity index (χ1) is 11.8. The van der Waals surface area contributed by atoms with E-state index >= 15 is 0 Å². The third-order valence-electron chi connectivity index (χ3n) is 4.60. The maximum atomic E-state index is 12.9. The molecule has 6 heteroatoms. The summed E-state index contributed by atoms with van der Waals surface area (Å²) in [4.78, 5) is 13.6. The number of carbonyl (C=O) groups is 1. The van der Waals surface area contributed by atoms with Crippen molar-refractivity contribution < 1.29 is 23.1 Å². The first kappa shape index (κ1) is 17.5. The van der Waals surface area contributed by atoms with Crippen LogP contribution in [0.3, 0.4) is 0 Å². The van der Waals surface area contributed by atoms with Gasteiger partial charge >= 0.3 is 12.1 Å². The third kappa shape index (κ3) is 4.02. The van der Waals surface area contributed by atoms with Crippen molar-refractivity contribution in [3.05, 3.63) is 71.3 Å². The number of hydrogen-bond acceptors (Lipinski definition) is 2. The van der Waals surface area contributed by atoms with Crippen molar-refractivity contribution >= 4 is 5.97 Å². The molecule has 0 radical (unpaired) electrons. The first-order valence-electron chi connectivity index (χ1n) is 8.01. The molecule has 1 aliphatic rings. The van der Waals surface area contributed by atoms with Gasteiger partial charge in [0, 0.05) is 25.6 Å². The number of aliphatic carboxylic acids is 1. The molecule has 2 unspecified atom stereocenters.